The van der Waals surface area contributed by atoms with Gasteiger partial charge in [0.2, 0.25) is 0 Å². The van der Waals surface area contributed by atoms with Crippen LogP contribution in [0.1, 0.15) is 46.5 Å². The minimum Gasteiger partial charge on any atom is -0.391 e. The van der Waals surface area contributed by atoms with Crippen molar-refractivity contribution in [2.75, 3.05) is 0 Å². The van der Waals surface area contributed by atoms with Crippen LogP contribution in [0.15, 0.2) is 12.7 Å². The standard InChI is InChI=1S/C15H27B2O5P/c1-5-10(6-2)23(19,20)22-15(7-3,8-4)9-11-13(18)12(16)14(17)21-11/h7,10-14,18H,3,5-6,8-9H2,1-2,4H3,(H,19,20)/t11?,12-,13-,14?,15?/m1/s1. The van der Waals surface area contributed by atoms with E-state index in [1.54, 1.807) is 0 Å². The average Bonchev–Trinajstić information content (AvgIpc) is 2.74. The van der Waals surface area contributed by atoms with Gasteiger partial charge in [-0.1, -0.05) is 26.8 Å². The first-order valence-electron chi connectivity index (χ1n) is 8.17. The van der Waals surface area contributed by atoms with E-state index in [2.05, 4.69) is 6.58 Å². The summed E-state index contributed by atoms with van der Waals surface area (Å²) in [5, 5.41) is 10.1. The monoisotopic (exact) mass is 340 g/mol. The largest absolute Gasteiger partial charge is 0.391 e. The molecule has 1 rings (SSSR count). The highest BCUT2D eigenvalue weighted by molar-refractivity contribution is 7.53. The number of ether oxygens (including phenoxy) is 1. The predicted molar refractivity (Wildman–Crippen MR) is 93.0 cm³/mol. The molecule has 0 bridgehead atoms. The van der Waals surface area contributed by atoms with Crippen molar-refractivity contribution >= 4 is 23.3 Å². The van der Waals surface area contributed by atoms with Gasteiger partial charge >= 0.3 is 7.60 Å². The topological polar surface area (TPSA) is 76.0 Å². The van der Waals surface area contributed by atoms with Gasteiger partial charge in [-0.3, -0.25) is 9.09 Å². The lowest BCUT2D eigenvalue weighted by Crippen LogP contribution is -2.38. The van der Waals surface area contributed by atoms with Crippen molar-refractivity contribution in [3.05, 3.63) is 12.7 Å². The van der Waals surface area contributed by atoms with Crippen molar-refractivity contribution in [2.45, 2.75) is 81.7 Å². The molecule has 0 spiro atoms. The Morgan fingerprint density at radius 2 is 1.96 bits per heavy atom. The number of aliphatic hydroxyl groups is 1. The fraction of sp³-hybridized carbons (Fsp3) is 0.867. The van der Waals surface area contributed by atoms with Crippen molar-refractivity contribution in [3.63, 3.8) is 0 Å². The van der Waals surface area contributed by atoms with Gasteiger partial charge in [-0.05, 0) is 25.1 Å². The van der Waals surface area contributed by atoms with Gasteiger partial charge in [0, 0.05) is 12.4 Å². The van der Waals surface area contributed by atoms with Crippen molar-refractivity contribution < 1.29 is 23.8 Å². The highest BCUT2D eigenvalue weighted by Crippen LogP contribution is 2.55. The van der Waals surface area contributed by atoms with E-state index in [-0.39, 0.29) is 6.42 Å². The Kier molecular flexibility index (Phi) is 7.62. The lowest BCUT2D eigenvalue weighted by molar-refractivity contribution is -0.0232. The molecule has 0 aliphatic carbocycles. The molecule has 23 heavy (non-hydrogen) atoms. The molecule has 0 aromatic rings. The van der Waals surface area contributed by atoms with Gasteiger partial charge in [-0.25, -0.2) is 0 Å². The Bertz CT molecular complexity index is 446. The molecule has 4 unspecified atom stereocenters. The Balaban J connectivity index is 2.96. The van der Waals surface area contributed by atoms with E-state index in [1.807, 2.05) is 20.8 Å². The van der Waals surface area contributed by atoms with Gasteiger partial charge in [-0.2, -0.15) is 0 Å². The molecule has 1 fully saturated rings. The smallest absolute Gasteiger partial charge is 0.331 e. The molecule has 2 N–H and O–H groups in total. The molecular weight excluding hydrogens is 313 g/mol. The van der Waals surface area contributed by atoms with Crippen LogP contribution >= 0.6 is 7.60 Å². The number of hydrogen-bond donors (Lipinski definition) is 2. The summed E-state index contributed by atoms with van der Waals surface area (Å²) in [6, 6.07) is -0.769. The molecule has 4 radical (unpaired) electrons. The van der Waals surface area contributed by atoms with Crippen molar-refractivity contribution in [2.24, 2.45) is 0 Å². The lowest BCUT2D eigenvalue weighted by Gasteiger charge is -2.36. The summed E-state index contributed by atoms with van der Waals surface area (Å²) >= 11 is 0. The Morgan fingerprint density at radius 3 is 2.30 bits per heavy atom. The summed E-state index contributed by atoms with van der Waals surface area (Å²) < 4.78 is 23.8. The Morgan fingerprint density at radius 1 is 1.39 bits per heavy atom. The maximum absolute atomic E-state index is 12.6. The zero-order valence-electron chi connectivity index (χ0n) is 14.2. The second-order valence-electron chi connectivity index (χ2n) is 6.16. The molecule has 128 valence electrons. The van der Waals surface area contributed by atoms with E-state index in [9.17, 15) is 14.6 Å². The molecule has 1 heterocycles. The summed E-state index contributed by atoms with van der Waals surface area (Å²) in [6.45, 7) is 9.28. The van der Waals surface area contributed by atoms with Crippen LogP contribution in [0.5, 0.6) is 0 Å². The maximum atomic E-state index is 12.6. The van der Waals surface area contributed by atoms with Crippen LogP contribution in [0.3, 0.4) is 0 Å². The first-order chi connectivity index (χ1) is 10.7. The highest BCUT2D eigenvalue weighted by atomic mass is 31.2. The van der Waals surface area contributed by atoms with Gasteiger partial charge in [0.1, 0.15) is 7.85 Å². The van der Waals surface area contributed by atoms with E-state index in [1.165, 1.54) is 6.08 Å². The molecule has 0 aromatic carbocycles. The molecule has 6 atom stereocenters. The SMILES string of the molecule is [B]C1OC(CC(C=C)(CC)OP(=O)(O)C(CC)CC)[C@@H](O)[C@H]1[B]. The van der Waals surface area contributed by atoms with Gasteiger partial charge < -0.3 is 14.7 Å². The molecule has 0 saturated carbocycles. The number of rotatable bonds is 9. The van der Waals surface area contributed by atoms with Gasteiger partial charge in [0.25, 0.3) is 0 Å². The van der Waals surface area contributed by atoms with E-state index >= 15 is 0 Å². The van der Waals surface area contributed by atoms with E-state index in [4.69, 9.17) is 25.0 Å². The fourth-order valence-corrected chi connectivity index (χ4v) is 4.79. The zero-order valence-corrected chi connectivity index (χ0v) is 15.1. The molecule has 1 aliphatic heterocycles. The third kappa shape index (κ3) is 4.73. The predicted octanol–water partition coefficient (Wildman–Crippen LogP) is 2.31. The number of aliphatic hydroxyl groups excluding tert-OH is 1. The van der Waals surface area contributed by atoms with E-state index < -0.39 is 42.9 Å². The summed E-state index contributed by atoms with van der Waals surface area (Å²) in [4.78, 5) is 10.3. The molecule has 8 heteroatoms. The van der Waals surface area contributed by atoms with Crippen LogP contribution in [0.25, 0.3) is 0 Å². The minimum absolute atomic E-state index is 0.167. The van der Waals surface area contributed by atoms with Crippen molar-refractivity contribution in [3.8, 4) is 0 Å². The highest BCUT2D eigenvalue weighted by Gasteiger charge is 2.45. The third-order valence-corrected chi connectivity index (χ3v) is 7.00. The summed E-state index contributed by atoms with van der Waals surface area (Å²) in [5.41, 5.74) is -1.52. The first kappa shape index (κ1) is 21.0. The quantitative estimate of drug-likeness (QED) is 0.383. The van der Waals surface area contributed by atoms with Crippen LogP contribution in [0.4, 0.5) is 0 Å². The molecule has 0 amide bonds. The molecule has 1 aliphatic rings. The summed E-state index contributed by atoms with van der Waals surface area (Å²) in [6.07, 6.45) is 1.55. The molecule has 5 nitrogen and oxygen atoms in total. The first-order valence-corrected chi connectivity index (χ1v) is 9.82. The lowest BCUT2D eigenvalue weighted by atomic mass is 9.71. The molecular formula is C15H27B2O5P. The van der Waals surface area contributed by atoms with Gasteiger partial charge in [-0.15, -0.1) is 6.58 Å². The Hall–Kier alpha value is -0.0601. The zero-order chi connectivity index (χ0) is 17.8. The third-order valence-electron chi connectivity index (χ3n) is 4.72. The van der Waals surface area contributed by atoms with Gasteiger partial charge in [0.05, 0.1) is 31.3 Å². The Labute approximate surface area is 142 Å². The second kappa shape index (κ2) is 8.35. The van der Waals surface area contributed by atoms with Crippen LogP contribution in [-0.2, 0) is 13.8 Å². The average molecular weight is 340 g/mol. The van der Waals surface area contributed by atoms with Crippen LogP contribution in [-0.4, -0.2) is 55.2 Å². The summed E-state index contributed by atoms with van der Waals surface area (Å²) in [7, 11) is 7.63. The van der Waals surface area contributed by atoms with Gasteiger partial charge in [0.15, 0.2) is 0 Å². The van der Waals surface area contributed by atoms with E-state index in [0.717, 1.165) is 0 Å². The van der Waals surface area contributed by atoms with Crippen molar-refractivity contribution in [1.29, 1.82) is 0 Å². The normalized spacial score (nSPS) is 33.3. The van der Waals surface area contributed by atoms with Crippen molar-refractivity contribution in [1.82, 2.24) is 0 Å². The summed E-state index contributed by atoms with van der Waals surface area (Å²) in [5.74, 6) is -0.695. The fourth-order valence-electron chi connectivity index (χ4n) is 2.92. The van der Waals surface area contributed by atoms with E-state index in [0.29, 0.717) is 19.3 Å². The molecule has 1 saturated heterocycles. The van der Waals surface area contributed by atoms with Crippen LogP contribution in [0.2, 0.25) is 5.82 Å². The molecule has 0 aromatic heterocycles. The second-order valence-corrected chi connectivity index (χ2v) is 8.20. The van der Waals surface area contributed by atoms with Crippen LogP contribution < -0.4 is 0 Å². The number of hydrogen-bond acceptors (Lipinski definition) is 4. The minimum atomic E-state index is -3.84. The van der Waals surface area contributed by atoms with Crippen LogP contribution in [0, 0.1) is 0 Å². The maximum Gasteiger partial charge on any atom is 0.331 e.